The minimum atomic E-state index is 0.432. The maximum Gasteiger partial charge on any atom is 0.000650 e. The van der Waals surface area contributed by atoms with Gasteiger partial charge < -0.3 is 4.90 Å². The van der Waals surface area contributed by atoms with Crippen molar-refractivity contribution >= 4 is 0 Å². The Hall–Kier alpha value is -0.300. The summed E-state index contributed by atoms with van der Waals surface area (Å²) in [5.74, 6) is 4.59. The molecule has 1 saturated carbocycles. The van der Waals surface area contributed by atoms with Gasteiger partial charge in [-0.05, 0) is 93.5 Å². The van der Waals surface area contributed by atoms with E-state index in [1.165, 1.54) is 83.7 Å². The molecule has 1 heteroatoms. The quantitative estimate of drug-likeness (QED) is 0.313. The maximum absolute atomic E-state index is 2.65. The Bertz CT molecular complexity index is 481. The lowest BCUT2D eigenvalue weighted by atomic mass is 9.62. The van der Waals surface area contributed by atoms with E-state index in [2.05, 4.69) is 59.6 Å². The average Bonchev–Trinajstić information content (AvgIpc) is 2.71. The lowest BCUT2D eigenvalue weighted by Gasteiger charge is -2.43. The van der Waals surface area contributed by atoms with Gasteiger partial charge in [-0.1, -0.05) is 78.9 Å². The summed E-state index contributed by atoms with van der Waals surface area (Å²) in [6.07, 6.45) is 18.2. The maximum atomic E-state index is 2.65. The molecular formula is C28H53N. The van der Waals surface area contributed by atoms with Gasteiger partial charge in [0.1, 0.15) is 0 Å². The van der Waals surface area contributed by atoms with Crippen molar-refractivity contribution in [3.63, 3.8) is 0 Å². The predicted molar refractivity (Wildman–Crippen MR) is 130 cm³/mol. The summed E-state index contributed by atoms with van der Waals surface area (Å²) in [5, 5.41) is 0. The summed E-state index contributed by atoms with van der Waals surface area (Å²) < 4.78 is 0. The van der Waals surface area contributed by atoms with Crippen molar-refractivity contribution in [1.82, 2.24) is 4.90 Å². The highest BCUT2D eigenvalue weighted by Gasteiger charge is 2.36. The summed E-state index contributed by atoms with van der Waals surface area (Å²) in [6.45, 7) is 17.2. The van der Waals surface area contributed by atoms with E-state index in [1.807, 2.05) is 0 Å². The van der Waals surface area contributed by atoms with Gasteiger partial charge in [0.15, 0.2) is 0 Å². The molecule has 1 fully saturated rings. The third kappa shape index (κ3) is 7.41. The molecule has 2 rings (SSSR count). The Morgan fingerprint density at radius 3 is 2.28 bits per heavy atom. The molecule has 1 nitrogen and oxygen atoms in total. The number of hydrogen-bond donors (Lipinski definition) is 0. The summed E-state index contributed by atoms with van der Waals surface area (Å²) >= 11 is 0. The van der Waals surface area contributed by atoms with Crippen molar-refractivity contribution in [2.75, 3.05) is 20.1 Å². The van der Waals surface area contributed by atoms with Crippen LogP contribution in [0.1, 0.15) is 112 Å². The molecule has 0 saturated heterocycles. The average molecular weight is 404 g/mol. The SMILES string of the molecule is CCCN(C)CC(CC)CCC1CCC(C(C)(C)C2=CCC(C(C)C)CC2)CC1. The van der Waals surface area contributed by atoms with E-state index in [-0.39, 0.29) is 0 Å². The molecule has 0 heterocycles. The zero-order valence-electron chi connectivity index (χ0n) is 21.1. The number of hydrogen-bond acceptors (Lipinski definition) is 1. The lowest BCUT2D eigenvalue weighted by Crippen LogP contribution is -2.32. The normalized spacial score (nSPS) is 27.3. The standard InChI is InChI=1S/C28H53N/c1-8-20-29(7)21-23(9-2)10-11-24-12-16-26(17-13-24)28(5,6)27-18-14-25(15-19-27)22(3)4/h18,22-26H,8-17,19-21H2,1-7H3. The molecule has 170 valence electrons. The molecule has 0 spiro atoms. The number of nitrogens with zero attached hydrogens (tertiary/aromatic N) is 1. The number of allylic oxidation sites excluding steroid dienone is 2. The minimum Gasteiger partial charge on any atom is -0.306 e. The van der Waals surface area contributed by atoms with Gasteiger partial charge in [0.05, 0.1) is 0 Å². The second kappa shape index (κ2) is 11.9. The van der Waals surface area contributed by atoms with Crippen LogP contribution in [-0.2, 0) is 0 Å². The first-order chi connectivity index (χ1) is 13.8. The first-order valence-corrected chi connectivity index (χ1v) is 13.2. The van der Waals surface area contributed by atoms with Crippen LogP contribution in [0.5, 0.6) is 0 Å². The minimum absolute atomic E-state index is 0.432. The van der Waals surface area contributed by atoms with Crippen LogP contribution in [0, 0.1) is 35.0 Å². The molecule has 0 amide bonds. The van der Waals surface area contributed by atoms with Crippen molar-refractivity contribution in [2.45, 2.75) is 112 Å². The van der Waals surface area contributed by atoms with Crippen molar-refractivity contribution in [1.29, 1.82) is 0 Å². The zero-order chi connectivity index (χ0) is 21.4. The Labute approximate surface area is 184 Å². The second-order valence-corrected chi connectivity index (χ2v) is 11.6. The van der Waals surface area contributed by atoms with Gasteiger partial charge in [0.2, 0.25) is 0 Å². The first kappa shape index (κ1) is 25.0. The van der Waals surface area contributed by atoms with Crippen molar-refractivity contribution in [2.24, 2.45) is 35.0 Å². The van der Waals surface area contributed by atoms with Gasteiger partial charge in [0.25, 0.3) is 0 Å². The number of rotatable bonds is 11. The molecule has 0 bridgehead atoms. The highest BCUT2D eigenvalue weighted by atomic mass is 15.1. The molecule has 0 aromatic heterocycles. The molecular weight excluding hydrogens is 350 g/mol. The van der Waals surface area contributed by atoms with Crippen LogP contribution >= 0.6 is 0 Å². The molecule has 2 unspecified atom stereocenters. The predicted octanol–water partition coefficient (Wildman–Crippen LogP) is 8.35. The van der Waals surface area contributed by atoms with Gasteiger partial charge in [-0.15, -0.1) is 0 Å². The van der Waals surface area contributed by atoms with E-state index in [0.29, 0.717) is 5.41 Å². The van der Waals surface area contributed by atoms with E-state index >= 15 is 0 Å². The molecule has 0 N–H and O–H groups in total. The van der Waals surface area contributed by atoms with Gasteiger partial charge in [0, 0.05) is 6.54 Å². The summed E-state index contributed by atoms with van der Waals surface area (Å²) in [7, 11) is 2.31. The molecule has 2 atom stereocenters. The molecule has 2 aliphatic rings. The van der Waals surface area contributed by atoms with Crippen LogP contribution in [-0.4, -0.2) is 25.0 Å². The Kier molecular flexibility index (Phi) is 10.3. The lowest BCUT2D eigenvalue weighted by molar-refractivity contribution is 0.146. The van der Waals surface area contributed by atoms with Crippen molar-refractivity contribution < 1.29 is 0 Å². The van der Waals surface area contributed by atoms with Gasteiger partial charge in [-0.2, -0.15) is 0 Å². The van der Waals surface area contributed by atoms with Crippen LogP contribution < -0.4 is 0 Å². The molecule has 29 heavy (non-hydrogen) atoms. The Balaban J connectivity index is 1.78. The Morgan fingerprint density at radius 1 is 1.07 bits per heavy atom. The molecule has 0 aromatic carbocycles. The fourth-order valence-electron chi connectivity index (χ4n) is 6.29. The van der Waals surface area contributed by atoms with Gasteiger partial charge >= 0.3 is 0 Å². The topological polar surface area (TPSA) is 3.24 Å². The first-order valence-electron chi connectivity index (χ1n) is 13.2. The zero-order valence-corrected chi connectivity index (χ0v) is 21.1. The smallest absolute Gasteiger partial charge is 0.000650 e. The van der Waals surface area contributed by atoms with Crippen LogP contribution in [0.25, 0.3) is 0 Å². The molecule has 0 aromatic rings. The van der Waals surface area contributed by atoms with E-state index < -0.39 is 0 Å². The Morgan fingerprint density at radius 2 is 1.76 bits per heavy atom. The van der Waals surface area contributed by atoms with Crippen LogP contribution in [0.15, 0.2) is 11.6 Å². The van der Waals surface area contributed by atoms with Crippen LogP contribution in [0.3, 0.4) is 0 Å². The molecule has 0 radical (unpaired) electrons. The second-order valence-electron chi connectivity index (χ2n) is 11.6. The van der Waals surface area contributed by atoms with E-state index in [0.717, 1.165) is 29.6 Å². The third-order valence-electron chi connectivity index (χ3n) is 8.82. The van der Waals surface area contributed by atoms with Crippen molar-refractivity contribution in [3.8, 4) is 0 Å². The fourth-order valence-corrected chi connectivity index (χ4v) is 6.29. The highest BCUT2D eigenvalue weighted by molar-refractivity contribution is 5.17. The van der Waals surface area contributed by atoms with E-state index in [9.17, 15) is 0 Å². The summed E-state index contributed by atoms with van der Waals surface area (Å²) in [6, 6.07) is 0. The van der Waals surface area contributed by atoms with Crippen LogP contribution in [0.2, 0.25) is 0 Å². The van der Waals surface area contributed by atoms with E-state index in [4.69, 9.17) is 0 Å². The summed E-state index contributed by atoms with van der Waals surface area (Å²) in [4.78, 5) is 2.55. The monoisotopic (exact) mass is 403 g/mol. The van der Waals surface area contributed by atoms with Crippen LogP contribution in [0.4, 0.5) is 0 Å². The van der Waals surface area contributed by atoms with Gasteiger partial charge in [-0.25, -0.2) is 0 Å². The fraction of sp³-hybridized carbons (Fsp3) is 0.929. The molecule has 0 aliphatic heterocycles. The third-order valence-corrected chi connectivity index (χ3v) is 8.82. The van der Waals surface area contributed by atoms with Crippen molar-refractivity contribution in [3.05, 3.63) is 11.6 Å². The van der Waals surface area contributed by atoms with E-state index in [1.54, 1.807) is 5.57 Å². The molecule has 2 aliphatic carbocycles. The largest absolute Gasteiger partial charge is 0.306 e. The van der Waals surface area contributed by atoms with Gasteiger partial charge in [-0.3, -0.25) is 0 Å². The highest BCUT2D eigenvalue weighted by Crippen LogP contribution is 2.48. The summed E-state index contributed by atoms with van der Waals surface area (Å²) in [5.41, 5.74) is 2.23.